The minimum absolute atomic E-state index is 0.857. The molecule has 0 aliphatic carbocycles. The van der Waals surface area contributed by atoms with Gasteiger partial charge in [-0.2, -0.15) is 0 Å². The van der Waals surface area contributed by atoms with E-state index in [1.165, 1.54) is 16.7 Å². The summed E-state index contributed by atoms with van der Waals surface area (Å²) in [4.78, 5) is 17.7. The molecular weight excluding hydrogens is 310 g/mol. The van der Waals surface area contributed by atoms with Crippen LogP contribution in [0.5, 0.6) is 0 Å². The summed E-state index contributed by atoms with van der Waals surface area (Å²) in [5.41, 5.74) is 3.83. The molecule has 0 aromatic carbocycles. The maximum absolute atomic E-state index is 4.67. The van der Waals surface area contributed by atoms with Crippen LogP contribution in [0.4, 0.5) is 5.82 Å². The molecule has 0 saturated heterocycles. The van der Waals surface area contributed by atoms with Crippen LogP contribution in [0.2, 0.25) is 0 Å². The van der Waals surface area contributed by atoms with Gasteiger partial charge >= 0.3 is 0 Å². The van der Waals surface area contributed by atoms with E-state index in [2.05, 4.69) is 55.1 Å². The fourth-order valence-corrected chi connectivity index (χ4v) is 3.27. The normalized spacial score (nSPS) is 14.8. The molecule has 0 atom stereocenters. The van der Waals surface area contributed by atoms with Gasteiger partial charge in [0.1, 0.15) is 5.82 Å². The van der Waals surface area contributed by atoms with E-state index in [9.17, 15) is 0 Å². The van der Waals surface area contributed by atoms with Gasteiger partial charge in [-0.1, -0.05) is 6.07 Å². The Hall–Kier alpha value is -2.79. The number of pyridine rings is 3. The fraction of sp³-hybridized carbons (Fsp3) is 0.250. The van der Waals surface area contributed by atoms with Crippen LogP contribution in [0.1, 0.15) is 16.7 Å². The quantitative estimate of drug-likeness (QED) is 0.735. The summed E-state index contributed by atoms with van der Waals surface area (Å²) < 4.78 is 0. The zero-order chi connectivity index (χ0) is 16.9. The SMILES string of the molecule is c1cnc2c(c1)CN(Cc1ccncc1)CCN2Cc1ccncc1. The summed E-state index contributed by atoms with van der Waals surface area (Å²) in [5, 5.41) is 0. The van der Waals surface area contributed by atoms with E-state index in [4.69, 9.17) is 0 Å². The molecule has 25 heavy (non-hydrogen) atoms. The molecule has 3 aromatic heterocycles. The topological polar surface area (TPSA) is 45.2 Å². The molecule has 5 heteroatoms. The minimum atomic E-state index is 0.857. The lowest BCUT2D eigenvalue weighted by Gasteiger charge is -2.24. The van der Waals surface area contributed by atoms with Gasteiger partial charge in [0.15, 0.2) is 0 Å². The van der Waals surface area contributed by atoms with Crippen LogP contribution in [0.25, 0.3) is 0 Å². The maximum atomic E-state index is 4.67. The number of hydrogen-bond acceptors (Lipinski definition) is 5. The van der Waals surface area contributed by atoms with Gasteiger partial charge in [-0.15, -0.1) is 0 Å². The van der Waals surface area contributed by atoms with Gasteiger partial charge < -0.3 is 4.90 Å². The van der Waals surface area contributed by atoms with E-state index in [0.29, 0.717) is 0 Å². The van der Waals surface area contributed by atoms with Crippen molar-refractivity contribution in [3.8, 4) is 0 Å². The van der Waals surface area contributed by atoms with Crippen molar-refractivity contribution in [2.24, 2.45) is 0 Å². The van der Waals surface area contributed by atoms with Crippen molar-refractivity contribution in [3.63, 3.8) is 0 Å². The number of rotatable bonds is 4. The van der Waals surface area contributed by atoms with Crippen molar-refractivity contribution >= 4 is 5.82 Å². The summed E-state index contributed by atoms with van der Waals surface area (Å²) in [6.45, 7) is 4.66. The monoisotopic (exact) mass is 331 g/mol. The molecular formula is C20H21N5. The van der Waals surface area contributed by atoms with Crippen LogP contribution in [-0.4, -0.2) is 32.9 Å². The Morgan fingerprint density at radius 3 is 2.16 bits per heavy atom. The molecule has 0 radical (unpaired) electrons. The Morgan fingerprint density at radius 2 is 1.44 bits per heavy atom. The summed E-state index contributed by atoms with van der Waals surface area (Å²) in [6.07, 6.45) is 9.30. The highest BCUT2D eigenvalue weighted by Crippen LogP contribution is 2.24. The fourth-order valence-electron chi connectivity index (χ4n) is 3.27. The maximum Gasteiger partial charge on any atom is 0.133 e. The van der Waals surface area contributed by atoms with Crippen molar-refractivity contribution in [2.45, 2.75) is 19.6 Å². The molecule has 5 nitrogen and oxygen atoms in total. The first-order valence-electron chi connectivity index (χ1n) is 8.57. The molecule has 0 saturated carbocycles. The molecule has 0 spiro atoms. The van der Waals surface area contributed by atoms with E-state index in [1.807, 2.05) is 37.1 Å². The average Bonchev–Trinajstić information content (AvgIpc) is 2.83. The highest BCUT2D eigenvalue weighted by Gasteiger charge is 2.21. The number of hydrogen-bond donors (Lipinski definition) is 0. The Labute approximate surface area is 148 Å². The highest BCUT2D eigenvalue weighted by atomic mass is 15.2. The van der Waals surface area contributed by atoms with Crippen molar-refractivity contribution in [1.82, 2.24) is 19.9 Å². The Balaban J connectivity index is 1.56. The van der Waals surface area contributed by atoms with Crippen molar-refractivity contribution in [3.05, 3.63) is 84.1 Å². The molecule has 4 rings (SSSR count). The first-order valence-corrected chi connectivity index (χ1v) is 8.57. The van der Waals surface area contributed by atoms with Crippen molar-refractivity contribution in [1.29, 1.82) is 0 Å². The third-order valence-corrected chi connectivity index (χ3v) is 4.53. The molecule has 4 heterocycles. The second-order valence-electron chi connectivity index (χ2n) is 6.33. The number of nitrogens with zero attached hydrogens (tertiary/aromatic N) is 5. The number of aromatic nitrogens is 3. The van der Waals surface area contributed by atoms with E-state index in [1.54, 1.807) is 0 Å². The molecule has 3 aromatic rings. The first-order chi connectivity index (χ1) is 12.4. The Bertz CT molecular complexity index is 807. The van der Waals surface area contributed by atoms with Crippen LogP contribution < -0.4 is 4.90 Å². The van der Waals surface area contributed by atoms with Gasteiger partial charge in [-0.25, -0.2) is 4.98 Å². The lowest BCUT2D eigenvalue weighted by Crippen LogP contribution is -2.31. The van der Waals surface area contributed by atoms with E-state index < -0.39 is 0 Å². The lowest BCUT2D eigenvalue weighted by atomic mass is 10.2. The van der Waals surface area contributed by atoms with Crippen LogP contribution >= 0.6 is 0 Å². The summed E-state index contributed by atoms with van der Waals surface area (Å²) in [5.74, 6) is 1.09. The molecule has 1 aliphatic heterocycles. The van der Waals surface area contributed by atoms with Gasteiger partial charge in [-0.3, -0.25) is 14.9 Å². The van der Waals surface area contributed by atoms with Crippen LogP contribution in [-0.2, 0) is 19.6 Å². The predicted molar refractivity (Wildman–Crippen MR) is 97.9 cm³/mol. The highest BCUT2D eigenvalue weighted by molar-refractivity contribution is 5.48. The van der Waals surface area contributed by atoms with Crippen LogP contribution in [0.15, 0.2) is 67.4 Å². The largest absolute Gasteiger partial charge is 0.351 e. The average molecular weight is 331 g/mol. The second kappa shape index (κ2) is 7.40. The van der Waals surface area contributed by atoms with Gasteiger partial charge in [0, 0.05) is 69.3 Å². The summed E-state index contributed by atoms with van der Waals surface area (Å²) in [6, 6.07) is 12.5. The first kappa shape index (κ1) is 15.7. The Morgan fingerprint density at radius 1 is 0.760 bits per heavy atom. The zero-order valence-electron chi connectivity index (χ0n) is 14.1. The van der Waals surface area contributed by atoms with Gasteiger partial charge in [-0.05, 0) is 41.5 Å². The molecule has 0 unspecified atom stereocenters. The molecule has 1 aliphatic rings. The van der Waals surface area contributed by atoms with Gasteiger partial charge in [0.2, 0.25) is 0 Å². The molecule has 126 valence electrons. The van der Waals surface area contributed by atoms with Crippen LogP contribution in [0.3, 0.4) is 0 Å². The van der Waals surface area contributed by atoms with Crippen LogP contribution in [0, 0.1) is 0 Å². The third kappa shape index (κ3) is 3.83. The number of fused-ring (bicyclic) bond motifs is 1. The van der Waals surface area contributed by atoms with Gasteiger partial charge in [0.25, 0.3) is 0 Å². The summed E-state index contributed by atoms with van der Waals surface area (Å²) in [7, 11) is 0. The van der Waals surface area contributed by atoms with Crippen molar-refractivity contribution < 1.29 is 0 Å². The predicted octanol–water partition coefficient (Wildman–Crippen LogP) is 2.89. The Kier molecular flexibility index (Phi) is 4.65. The molecule has 0 bridgehead atoms. The zero-order valence-corrected chi connectivity index (χ0v) is 14.1. The third-order valence-electron chi connectivity index (χ3n) is 4.53. The van der Waals surface area contributed by atoms with Gasteiger partial charge in [0.05, 0.1) is 0 Å². The molecule has 0 fully saturated rings. The summed E-state index contributed by atoms with van der Waals surface area (Å²) >= 11 is 0. The minimum Gasteiger partial charge on any atom is -0.351 e. The van der Waals surface area contributed by atoms with E-state index in [0.717, 1.165) is 38.5 Å². The van der Waals surface area contributed by atoms with Crippen molar-refractivity contribution in [2.75, 3.05) is 18.0 Å². The molecule has 0 amide bonds. The number of anilines is 1. The second-order valence-corrected chi connectivity index (χ2v) is 6.33. The lowest BCUT2D eigenvalue weighted by molar-refractivity contribution is 0.268. The standard InChI is InChI=1S/C20H21N5/c1-2-19-16-24(14-17-3-8-21-9-4-17)12-13-25(20(19)23-7-1)15-18-5-10-22-11-6-18/h1-11H,12-16H2. The molecule has 0 N–H and O–H groups in total. The van der Waals surface area contributed by atoms with E-state index in [-0.39, 0.29) is 0 Å². The van der Waals surface area contributed by atoms with E-state index >= 15 is 0 Å². The smallest absolute Gasteiger partial charge is 0.133 e.